The maximum Gasteiger partial charge on any atom is 0.251 e. The molecule has 0 amide bonds. The van der Waals surface area contributed by atoms with Gasteiger partial charge in [-0.15, -0.1) is 0 Å². The van der Waals surface area contributed by atoms with Gasteiger partial charge in [0.25, 0.3) is 6.43 Å². The first kappa shape index (κ1) is 17.2. The van der Waals surface area contributed by atoms with E-state index in [9.17, 15) is 8.78 Å². The molecule has 0 radical (unpaired) electrons. The van der Waals surface area contributed by atoms with Crippen LogP contribution in [-0.4, -0.2) is 43.5 Å². The first-order valence-corrected chi connectivity index (χ1v) is 5.96. The molecule has 0 aromatic carbocycles. The number of alkyl halides is 2. The van der Waals surface area contributed by atoms with Crippen molar-refractivity contribution in [2.24, 2.45) is 0 Å². The van der Waals surface area contributed by atoms with Gasteiger partial charge < -0.3 is 5.32 Å². The van der Waals surface area contributed by atoms with Gasteiger partial charge in [-0.1, -0.05) is 34.6 Å². The molecule has 0 aromatic heterocycles. The third-order valence-corrected chi connectivity index (χ3v) is 1.85. The largest absolute Gasteiger partial charge is 0.312 e. The summed E-state index contributed by atoms with van der Waals surface area (Å²) in [5, 5.41) is 3.20. The minimum atomic E-state index is -2.18. The molecule has 1 saturated heterocycles. The van der Waals surface area contributed by atoms with Gasteiger partial charge >= 0.3 is 0 Å². The second-order valence-corrected chi connectivity index (χ2v) is 2.86. The summed E-state index contributed by atoms with van der Waals surface area (Å²) >= 11 is 0. The molecule has 0 atom stereocenters. The molecule has 1 heterocycles. The lowest BCUT2D eigenvalue weighted by Gasteiger charge is -2.39. The van der Waals surface area contributed by atoms with Gasteiger partial charge in [0.15, 0.2) is 0 Å². The molecule has 0 saturated carbocycles. The van der Waals surface area contributed by atoms with Crippen LogP contribution in [0.25, 0.3) is 0 Å². The van der Waals surface area contributed by atoms with E-state index in [1.807, 2.05) is 34.6 Å². The van der Waals surface area contributed by atoms with Gasteiger partial charge in [0.2, 0.25) is 0 Å². The van der Waals surface area contributed by atoms with Crippen molar-refractivity contribution >= 4 is 0 Å². The molecule has 0 aromatic rings. The zero-order valence-electron chi connectivity index (χ0n) is 10.7. The Bertz CT molecular complexity index is 115. The number of nitrogens with zero attached hydrogens (tertiary/aromatic N) is 1. The van der Waals surface area contributed by atoms with Crippen LogP contribution in [0, 0.1) is 0 Å². The van der Waals surface area contributed by atoms with Gasteiger partial charge in [0, 0.05) is 19.1 Å². The smallest absolute Gasteiger partial charge is 0.251 e. The molecule has 4 heteroatoms. The van der Waals surface area contributed by atoms with E-state index in [1.54, 1.807) is 4.90 Å². The van der Waals surface area contributed by atoms with E-state index in [4.69, 9.17) is 0 Å². The second-order valence-electron chi connectivity index (χ2n) is 2.86. The van der Waals surface area contributed by atoms with Crippen molar-refractivity contribution in [3.05, 3.63) is 0 Å². The summed E-state index contributed by atoms with van der Waals surface area (Å²) in [4.78, 5) is 1.76. The number of nitrogens with one attached hydrogen (secondary N) is 1. The molecule has 1 aliphatic rings. The van der Waals surface area contributed by atoms with E-state index in [2.05, 4.69) is 5.32 Å². The van der Waals surface area contributed by atoms with Crippen molar-refractivity contribution in [3.8, 4) is 0 Å². The van der Waals surface area contributed by atoms with Crippen molar-refractivity contribution in [1.29, 1.82) is 0 Å². The average molecular weight is 224 g/mol. The Kier molecular flexibility index (Phi) is 13.6. The minimum absolute atomic E-state index is 0.0676. The van der Waals surface area contributed by atoms with Crippen LogP contribution in [0.1, 0.15) is 34.6 Å². The predicted octanol–water partition coefficient (Wildman–Crippen LogP) is 2.60. The Morgan fingerprint density at radius 2 is 1.67 bits per heavy atom. The van der Waals surface area contributed by atoms with Crippen LogP contribution in [0.2, 0.25) is 0 Å². The Morgan fingerprint density at radius 3 is 2.00 bits per heavy atom. The van der Waals surface area contributed by atoms with Gasteiger partial charge in [-0.25, -0.2) is 8.78 Å². The van der Waals surface area contributed by atoms with Crippen LogP contribution in [0.15, 0.2) is 0 Å². The van der Waals surface area contributed by atoms with E-state index in [0.717, 1.165) is 19.6 Å². The summed E-state index contributed by atoms with van der Waals surface area (Å²) < 4.78 is 23.5. The number of hydrogen-bond acceptors (Lipinski definition) is 2. The summed E-state index contributed by atoms with van der Waals surface area (Å²) in [5.74, 6) is 0. The fraction of sp³-hybridized carbons (Fsp3) is 1.00. The van der Waals surface area contributed by atoms with E-state index >= 15 is 0 Å². The third-order valence-electron chi connectivity index (χ3n) is 1.85. The monoisotopic (exact) mass is 224 g/mol. The van der Waals surface area contributed by atoms with Crippen molar-refractivity contribution in [3.63, 3.8) is 0 Å². The van der Waals surface area contributed by atoms with E-state index in [1.165, 1.54) is 0 Å². The molecule has 0 bridgehead atoms. The zero-order chi connectivity index (χ0) is 12.3. The average Bonchev–Trinajstić information content (AvgIpc) is 2.20. The maximum absolute atomic E-state index is 11.8. The van der Waals surface area contributed by atoms with Crippen LogP contribution in [0.3, 0.4) is 0 Å². The molecule has 0 unspecified atom stereocenters. The zero-order valence-corrected chi connectivity index (χ0v) is 10.7. The van der Waals surface area contributed by atoms with Crippen molar-refractivity contribution in [2.45, 2.75) is 47.1 Å². The molecular weight excluding hydrogens is 198 g/mol. The maximum atomic E-state index is 11.8. The van der Waals surface area contributed by atoms with Crippen LogP contribution in [0.5, 0.6) is 0 Å². The standard InChI is InChI=1S/C7H14F2N2.2C2H6/c1-2-10-6-3-11(4-6)5-7(8)9;2*1-2/h6-7,10H,2-5H2,1H3;2*1-2H3. The first-order chi connectivity index (χ1) is 7.22. The fourth-order valence-electron chi connectivity index (χ4n) is 1.33. The topological polar surface area (TPSA) is 15.3 Å². The molecule has 15 heavy (non-hydrogen) atoms. The van der Waals surface area contributed by atoms with Crippen molar-refractivity contribution < 1.29 is 8.78 Å². The molecule has 94 valence electrons. The van der Waals surface area contributed by atoms with Crippen LogP contribution in [-0.2, 0) is 0 Å². The van der Waals surface area contributed by atoms with Crippen molar-refractivity contribution in [2.75, 3.05) is 26.2 Å². The molecular formula is C11H26F2N2. The highest BCUT2D eigenvalue weighted by Crippen LogP contribution is 2.09. The van der Waals surface area contributed by atoms with Gasteiger partial charge in [0.1, 0.15) is 0 Å². The van der Waals surface area contributed by atoms with Gasteiger partial charge in [0.05, 0.1) is 6.54 Å². The number of likely N-dealkylation sites (tertiary alicyclic amines) is 1. The molecule has 1 N–H and O–H groups in total. The molecule has 2 nitrogen and oxygen atoms in total. The lowest BCUT2D eigenvalue weighted by Crippen LogP contribution is -2.58. The number of rotatable bonds is 4. The normalized spacial score (nSPS) is 16.0. The summed E-state index contributed by atoms with van der Waals surface area (Å²) in [6, 6.07) is 0.443. The van der Waals surface area contributed by atoms with E-state index < -0.39 is 6.43 Å². The Labute approximate surface area is 93.0 Å². The molecule has 1 fully saturated rings. The van der Waals surface area contributed by atoms with E-state index in [0.29, 0.717) is 6.04 Å². The van der Waals surface area contributed by atoms with Crippen LogP contribution >= 0.6 is 0 Å². The molecule has 0 spiro atoms. The summed E-state index contributed by atoms with van der Waals surface area (Å²) in [6.45, 7) is 12.4. The molecule has 1 rings (SSSR count). The second kappa shape index (κ2) is 11.9. The number of hydrogen-bond donors (Lipinski definition) is 1. The summed E-state index contributed by atoms with van der Waals surface area (Å²) in [7, 11) is 0. The van der Waals surface area contributed by atoms with Crippen LogP contribution < -0.4 is 5.32 Å². The van der Waals surface area contributed by atoms with E-state index in [-0.39, 0.29) is 6.54 Å². The Hall–Kier alpha value is -0.220. The third kappa shape index (κ3) is 8.75. The first-order valence-electron chi connectivity index (χ1n) is 5.96. The lowest BCUT2D eigenvalue weighted by atomic mass is 10.1. The lowest BCUT2D eigenvalue weighted by molar-refractivity contribution is 0.0398. The molecule has 0 aliphatic carbocycles. The number of halogens is 2. The van der Waals surface area contributed by atoms with Crippen molar-refractivity contribution in [1.82, 2.24) is 10.2 Å². The van der Waals surface area contributed by atoms with Gasteiger partial charge in [-0.3, -0.25) is 4.90 Å². The van der Waals surface area contributed by atoms with Crippen LogP contribution in [0.4, 0.5) is 8.78 Å². The highest BCUT2D eigenvalue weighted by atomic mass is 19.3. The van der Waals surface area contributed by atoms with Gasteiger partial charge in [-0.2, -0.15) is 0 Å². The molecule has 1 aliphatic heterocycles. The quantitative estimate of drug-likeness (QED) is 0.789. The SMILES string of the molecule is CC.CC.CCNC1CN(CC(F)F)C1. The summed E-state index contributed by atoms with van der Waals surface area (Å²) in [6.07, 6.45) is -2.18. The minimum Gasteiger partial charge on any atom is -0.312 e. The number of likely N-dealkylation sites (N-methyl/N-ethyl adjacent to an activating group) is 1. The summed E-state index contributed by atoms with van der Waals surface area (Å²) in [5.41, 5.74) is 0. The Morgan fingerprint density at radius 1 is 1.20 bits per heavy atom. The Balaban J connectivity index is 0. The fourth-order valence-corrected chi connectivity index (χ4v) is 1.33. The highest BCUT2D eigenvalue weighted by molar-refractivity contribution is 4.85. The predicted molar refractivity (Wildman–Crippen MR) is 62.6 cm³/mol. The van der Waals surface area contributed by atoms with Gasteiger partial charge in [-0.05, 0) is 6.54 Å². The highest BCUT2D eigenvalue weighted by Gasteiger charge is 2.27.